The molecule has 0 atom stereocenters. The minimum absolute atomic E-state index is 0.0264. The molecule has 0 aromatic heterocycles. The quantitative estimate of drug-likeness (QED) is 0.164. The molecule has 0 spiro atoms. The van der Waals surface area contributed by atoms with E-state index in [2.05, 4.69) is 234 Å². The van der Waals surface area contributed by atoms with Crippen LogP contribution in [0.4, 0.5) is 34.1 Å². The molecule has 6 bridgehead atoms. The molecule has 0 aliphatic carbocycles. The molecule has 6 aromatic rings. The molecule has 1 aliphatic heterocycles. The van der Waals surface area contributed by atoms with Gasteiger partial charge in [0.05, 0.1) is 16.4 Å². The molecule has 300 valence electrons. The Morgan fingerprint density at radius 2 is 0.759 bits per heavy atom. The number of fused-ring (bicyclic) bond motifs is 6. The number of hydrogen-bond donors (Lipinski definition) is 0. The standard InChI is InChI=1S/C54H63ClN2Si/c1-36-28-48-50(55)49(29-36)57(42-26-22-38(23-27-42)52(5,6)7)44-31-40(54(11,12)13)33-47(35-44)58(14,45-18-16-15-17-19-45)46-32-39(53(8,9)10)30-43(34-46)56(48)41-24-20-37(21-25-41)51(2,3)4/h15-35H,1-14H3. The van der Waals surface area contributed by atoms with Crippen molar-refractivity contribution in [1.29, 1.82) is 0 Å². The van der Waals surface area contributed by atoms with Crippen molar-refractivity contribution >= 4 is 69.4 Å². The van der Waals surface area contributed by atoms with Gasteiger partial charge >= 0.3 is 0 Å². The number of aryl methyl sites for hydroxylation is 1. The third-order valence-electron chi connectivity index (χ3n) is 12.2. The van der Waals surface area contributed by atoms with Crippen LogP contribution >= 0.6 is 11.6 Å². The van der Waals surface area contributed by atoms with Gasteiger partial charge in [-0.3, -0.25) is 0 Å². The monoisotopic (exact) mass is 802 g/mol. The average molecular weight is 804 g/mol. The molecule has 0 amide bonds. The Labute approximate surface area is 355 Å². The Bertz CT molecular complexity index is 2300. The van der Waals surface area contributed by atoms with Crippen LogP contribution in [-0.2, 0) is 21.7 Å². The SMILES string of the molecule is Cc1cc2c(Cl)c(c1)N(c1ccc(C(C)(C)C)cc1)c1cc(C(C)(C)C)cc(c1)[Si](C)(c1ccccc1)c1cc(cc(C(C)(C)C)c1)N2c1ccc(C(C)(C)C)cc1. The summed E-state index contributed by atoms with van der Waals surface area (Å²) in [6, 6.07) is 48.9. The highest BCUT2D eigenvalue weighted by Gasteiger charge is 2.38. The number of nitrogens with zero attached hydrogens (tertiary/aromatic N) is 2. The lowest BCUT2D eigenvalue weighted by molar-refractivity contribution is 0.590. The van der Waals surface area contributed by atoms with Crippen molar-refractivity contribution in [3.05, 3.63) is 160 Å². The number of hydrogen-bond acceptors (Lipinski definition) is 2. The van der Waals surface area contributed by atoms with Crippen molar-refractivity contribution in [2.45, 2.75) is 118 Å². The second-order valence-electron chi connectivity index (χ2n) is 20.9. The van der Waals surface area contributed by atoms with Crippen LogP contribution in [0.25, 0.3) is 0 Å². The Kier molecular flexibility index (Phi) is 10.5. The van der Waals surface area contributed by atoms with Gasteiger partial charge in [0.25, 0.3) is 0 Å². The zero-order chi connectivity index (χ0) is 42.2. The van der Waals surface area contributed by atoms with Crippen molar-refractivity contribution in [1.82, 2.24) is 0 Å². The van der Waals surface area contributed by atoms with Gasteiger partial charge in [-0.25, -0.2) is 0 Å². The number of halogens is 1. The molecule has 1 aliphatic rings. The second-order valence-corrected chi connectivity index (χ2v) is 25.3. The highest BCUT2D eigenvalue weighted by atomic mass is 35.5. The molecule has 0 saturated heterocycles. The molecule has 2 nitrogen and oxygen atoms in total. The van der Waals surface area contributed by atoms with E-state index in [0.717, 1.165) is 39.7 Å². The van der Waals surface area contributed by atoms with Crippen molar-refractivity contribution in [2.24, 2.45) is 0 Å². The maximum atomic E-state index is 7.97. The van der Waals surface area contributed by atoms with E-state index < -0.39 is 8.07 Å². The summed E-state index contributed by atoms with van der Waals surface area (Å²) in [7, 11) is -2.71. The van der Waals surface area contributed by atoms with Crippen LogP contribution < -0.4 is 25.4 Å². The van der Waals surface area contributed by atoms with Crippen molar-refractivity contribution in [3.63, 3.8) is 0 Å². The molecule has 0 saturated carbocycles. The first kappa shape index (κ1) is 41.6. The van der Waals surface area contributed by atoms with Gasteiger partial charge in [0.2, 0.25) is 0 Å². The van der Waals surface area contributed by atoms with E-state index in [4.69, 9.17) is 11.6 Å². The smallest absolute Gasteiger partial charge is 0.145 e. The molecule has 0 N–H and O–H groups in total. The zero-order valence-corrected chi connectivity index (χ0v) is 39.2. The Balaban J connectivity index is 1.68. The van der Waals surface area contributed by atoms with E-state index in [1.807, 2.05) is 0 Å². The predicted octanol–water partition coefficient (Wildman–Crippen LogP) is 14.2. The van der Waals surface area contributed by atoms with Crippen LogP contribution in [0.2, 0.25) is 11.6 Å². The first-order chi connectivity index (χ1) is 27.0. The molecule has 1 heterocycles. The minimum Gasteiger partial charge on any atom is -0.309 e. The van der Waals surface area contributed by atoms with Crippen LogP contribution in [0.1, 0.15) is 111 Å². The summed E-state index contributed by atoms with van der Waals surface area (Å²) in [5.41, 5.74) is 12.5. The van der Waals surface area contributed by atoms with Crippen LogP contribution in [0.3, 0.4) is 0 Å². The molecular formula is C54H63ClN2Si. The Hall–Kier alpha value is -4.57. The third-order valence-corrected chi connectivity index (χ3v) is 17.0. The first-order valence-electron chi connectivity index (χ1n) is 21.0. The van der Waals surface area contributed by atoms with Crippen molar-refractivity contribution < 1.29 is 0 Å². The van der Waals surface area contributed by atoms with E-state index >= 15 is 0 Å². The summed E-state index contributed by atoms with van der Waals surface area (Å²) in [6.07, 6.45) is 0. The summed E-state index contributed by atoms with van der Waals surface area (Å²) in [5.74, 6) is 0. The summed E-state index contributed by atoms with van der Waals surface area (Å²) >= 11 is 7.97. The lowest BCUT2D eigenvalue weighted by Gasteiger charge is -2.38. The summed E-state index contributed by atoms with van der Waals surface area (Å²) in [5, 5.41) is 4.84. The van der Waals surface area contributed by atoms with Gasteiger partial charge in [0.1, 0.15) is 8.07 Å². The fraction of sp³-hybridized carbons (Fsp3) is 0.333. The lowest BCUT2D eigenvalue weighted by Crippen LogP contribution is -2.65. The van der Waals surface area contributed by atoms with E-state index in [-0.39, 0.29) is 21.7 Å². The fourth-order valence-corrected chi connectivity index (χ4v) is 12.2. The van der Waals surface area contributed by atoms with E-state index in [1.165, 1.54) is 37.8 Å². The Morgan fingerprint density at radius 1 is 0.397 bits per heavy atom. The maximum Gasteiger partial charge on any atom is 0.145 e. The average Bonchev–Trinajstić information content (AvgIpc) is 3.15. The normalized spacial score (nSPS) is 14.5. The molecule has 58 heavy (non-hydrogen) atoms. The van der Waals surface area contributed by atoms with Crippen molar-refractivity contribution in [3.8, 4) is 0 Å². The second kappa shape index (κ2) is 14.6. The molecule has 4 heteroatoms. The summed E-state index contributed by atoms with van der Waals surface area (Å²) in [4.78, 5) is 4.84. The highest BCUT2D eigenvalue weighted by Crippen LogP contribution is 2.49. The first-order valence-corrected chi connectivity index (χ1v) is 23.8. The Morgan fingerprint density at radius 3 is 1.10 bits per heavy atom. The molecule has 0 unspecified atom stereocenters. The largest absolute Gasteiger partial charge is 0.309 e. The van der Waals surface area contributed by atoms with Crippen molar-refractivity contribution in [2.75, 3.05) is 9.80 Å². The number of rotatable bonds is 3. The minimum atomic E-state index is -2.71. The van der Waals surface area contributed by atoms with Gasteiger partial charge in [-0.1, -0.05) is 168 Å². The van der Waals surface area contributed by atoms with E-state index in [9.17, 15) is 0 Å². The predicted molar refractivity (Wildman–Crippen MR) is 257 cm³/mol. The van der Waals surface area contributed by atoms with E-state index in [0.29, 0.717) is 5.02 Å². The zero-order valence-electron chi connectivity index (χ0n) is 37.4. The number of benzene rings is 6. The highest BCUT2D eigenvalue weighted by molar-refractivity contribution is 7.10. The molecule has 0 fully saturated rings. The topological polar surface area (TPSA) is 6.48 Å². The summed E-state index contributed by atoms with van der Waals surface area (Å²) < 4.78 is 0. The molecule has 7 rings (SSSR count). The van der Waals surface area contributed by atoms with Gasteiger partial charge in [-0.2, -0.15) is 0 Å². The summed E-state index contributed by atoms with van der Waals surface area (Å²) in [6.45, 7) is 32.4. The fourth-order valence-electron chi connectivity index (χ4n) is 8.33. The molecule has 6 aromatic carbocycles. The van der Waals surface area contributed by atoms with Gasteiger partial charge in [0, 0.05) is 22.7 Å². The van der Waals surface area contributed by atoms with Gasteiger partial charge < -0.3 is 9.80 Å². The number of anilines is 6. The van der Waals surface area contributed by atoms with Crippen LogP contribution in [0.5, 0.6) is 0 Å². The van der Waals surface area contributed by atoms with Gasteiger partial charge in [-0.05, 0) is 133 Å². The van der Waals surface area contributed by atoms with Gasteiger partial charge in [0.15, 0.2) is 0 Å². The molecular weight excluding hydrogens is 740 g/mol. The van der Waals surface area contributed by atoms with Crippen LogP contribution in [0, 0.1) is 6.92 Å². The third kappa shape index (κ3) is 7.81. The van der Waals surface area contributed by atoms with E-state index in [1.54, 1.807) is 0 Å². The van der Waals surface area contributed by atoms with Crippen LogP contribution in [0.15, 0.2) is 127 Å². The molecule has 0 radical (unpaired) electrons. The lowest BCUT2D eigenvalue weighted by atomic mass is 9.86. The van der Waals surface area contributed by atoms with Crippen LogP contribution in [-0.4, -0.2) is 8.07 Å². The maximum absolute atomic E-state index is 7.97. The van der Waals surface area contributed by atoms with Gasteiger partial charge in [-0.15, -0.1) is 0 Å².